The van der Waals surface area contributed by atoms with Crippen LogP contribution in [0.5, 0.6) is 11.5 Å². The van der Waals surface area contributed by atoms with E-state index in [4.69, 9.17) is 9.47 Å². The Morgan fingerprint density at radius 2 is 1.76 bits per heavy atom. The second kappa shape index (κ2) is 8.01. The van der Waals surface area contributed by atoms with Crippen molar-refractivity contribution in [3.63, 3.8) is 0 Å². The first-order chi connectivity index (χ1) is 14.1. The van der Waals surface area contributed by atoms with Crippen molar-refractivity contribution in [3.05, 3.63) is 70.5 Å². The highest BCUT2D eigenvalue weighted by atomic mass is 16.6. The zero-order valence-electron chi connectivity index (χ0n) is 15.7. The number of aromatic nitrogens is 2. The van der Waals surface area contributed by atoms with Crippen LogP contribution in [-0.4, -0.2) is 28.1 Å². The van der Waals surface area contributed by atoms with E-state index in [0.29, 0.717) is 30.4 Å². The van der Waals surface area contributed by atoms with Crippen LogP contribution >= 0.6 is 0 Å². The molecule has 1 unspecified atom stereocenters. The monoisotopic (exact) mass is 393 g/mol. The highest BCUT2D eigenvalue weighted by molar-refractivity contribution is 5.74. The normalized spacial score (nSPS) is 13.4. The number of hydrogen-bond donors (Lipinski definition) is 2. The Hall–Kier alpha value is -3.88. The fourth-order valence-electron chi connectivity index (χ4n) is 3.04. The van der Waals surface area contributed by atoms with Crippen LogP contribution in [0.25, 0.3) is 0 Å². The summed E-state index contributed by atoms with van der Waals surface area (Å²) in [6.07, 6.45) is 1.29. The van der Waals surface area contributed by atoms with E-state index in [9.17, 15) is 10.1 Å². The smallest absolute Gasteiger partial charge is 0.353 e. The third-order valence-electron chi connectivity index (χ3n) is 4.46. The van der Waals surface area contributed by atoms with Crippen LogP contribution < -0.4 is 20.1 Å². The highest BCUT2D eigenvalue weighted by Gasteiger charge is 2.25. The van der Waals surface area contributed by atoms with Gasteiger partial charge in [-0.1, -0.05) is 30.3 Å². The fourth-order valence-corrected chi connectivity index (χ4v) is 3.04. The van der Waals surface area contributed by atoms with Gasteiger partial charge in [0.1, 0.15) is 19.5 Å². The molecule has 0 saturated carbocycles. The molecule has 4 rings (SSSR count). The van der Waals surface area contributed by atoms with E-state index in [-0.39, 0.29) is 23.4 Å². The summed E-state index contributed by atoms with van der Waals surface area (Å²) < 4.78 is 11.1. The minimum absolute atomic E-state index is 0.0874. The van der Waals surface area contributed by atoms with Crippen molar-refractivity contribution >= 4 is 23.0 Å². The van der Waals surface area contributed by atoms with Gasteiger partial charge in [-0.05, 0) is 24.6 Å². The van der Waals surface area contributed by atoms with Gasteiger partial charge in [-0.3, -0.25) is 10.1 Å². The van der Waals surface area contributed by atoms with Gasteiger partial charge in [-0.2, -0.15) is 0 Å². The van der Waals surface area contributed by atoms with E-state index in [0.717, 1.165) is 5.56 Å². The Balaban J connectivity index is 1.62. The van der Waals surface area contributed by atoms with Gasteiger partial charge in [0.2, 0.25) is 11.6 Å². The number of ether oxygens (including phenoxy) is 2. The van der Waals surface area contributed by atoms with Crippen LogP contribution in [0, 0.1) is 10.1 Å². The molecule has 3 aromatic rings. The standard InChI is InChI=1S/C20H19N5O4/c1-13(14-5-3-2-4-6-14)23-19-18(25(26)27)20(22-12-21-19)24-15-7-8-16-17(11-15)29-10-9-28-16/h2-8,11-13H,9-10H2,1H3,(H2,21,22,23,24). The van der Waals surface area contributed by atoms with Crippen molar-refractivity contribution < 1.29 is 14.4 Å². The molecular weight excluding hydrogens is 374 g/mol. The van der Waals surface area contributed by atoms with Gasteiger partial charge >= 0.3 is 5.69 Å². The molecule has 0 fully saturated rings. The third kappa shape index (κ3) is 4.03. The molecule has 1 atom stereocenters. The maximum Gasteiger partial charge on any atom is 0.353 e. The molecule has 2 heterocycles. The lowest BCUT2D eigenvalue weighted by Gasteiger charge is -2.19. The number of fused-ring (bicyclic) bond motifs is 1. The summed E-state index contributed by atoms with van der Waals surface area (Å²) in [6, 6.07) is 14.7. The molecule has 0 radical (unpaired) electrons. The van der Waals surface area contributed by atoms with Gasteiger partial charge in [0.15, 0.2) is 11.5 Å². The lowest BCUT2D eigenvalue weighted by Crippen LogP contribution is -2.15. The molecule has 9 nitrogen and oxygen atoms in total. The van der Waals surface area contributed by atoms with Crippen LogP contribution in [0.1, 0.15) is 18.5 Å². The number of hydrogen-bond acceptors (Lipinski definition) is 8. The molecule has 1 aliphatic rings. The topological polar surface area (TPSA) is 111 Å². The largest absolute Gasteiger partial charge is 0.486 e. The molecule has 1 aromatic heterocycles. The zero-order valence-corrected chi connectivity index (χ0v) is 15.7. The lowest BCUT2D eigenvalue weighted by atomic mass is 10.1. The van der Waals surface area contributed by atoms with Crippen LogP contribution in [0.15, 0.2) is 54.9 Å². The van der Waals surface area contributed by atoms with E-state index in [1.807, 2.05) is 37.3 Å². The molecule has 0 bridgehead atoms. The fraction of sp³-hybridized carbons (Fsp3) is 0.200. The van der Waals surface area contributed by atoms with Crippen LogP contribution in [0.3, 0.4) is 0 Å². The zero-order chi connectivity index (χ0) is 20.2. The Labute approximate surface area is 166 Å². The van der Waals surface area contributed by atoms with Gasteiger partial charge in [0, 0.05) is 11.8 Å². The van der Waals surface area contributed by atoms with E-state index in [2.05, 4.69) is 20.6 Å². The molecule has 0 aliphatic carbocycles. The van der Waals surface area contributed by atoms with Crippen molar-refractivity contribution in [2.24, 2.45) is 0 Å². The quantitative estimate of drug-likeness (QED) is 0.476. The van der Waals surface area contributed by atoms with Gasteiger partial charge < -0.3 is 20.1 Å². The first-order valence-electron chi connectivity index (χ1n) is 9.09. The summed E-state index contributed by atoms with van der Waals surface area (Å²) in [5, 5.41) is 17.9. The van der Waals surface area contributed by atoms with Gasteiger partial charge in [0.25, 0.3) is 0 Å². The van der Waals surface area contributed by atoms with Crippen molar-refractivity contribution in [2.75, 3.05) is 23.8 Å². The number of rotatable bonds is 6. The van der Waals surface area contributed by atoms with Crippen LogP contribution in [0.2, 0.25) is 0 Å². The number of nitro groups is 1. The third-order valence-corrected chi connectivity index (χ3v) is 4.46. The number of anilines is 3. The summed E-state index contributed by atoms with van der Waals surface area (Å²) in [6.45, 7) is 2.86. The number of nitrogens with one attached hydrogen (secondary N) is 2. The Morgan fingerprint density at radius 1 is 1.03 bits per heavy atom. The average molecular weight is 393 g/mol. The minimum atomic E-state index is -0.500. The molecular formula is C20H19N5O4. The SMILES string of the molecule is CC(Nc1ncnc(Nc2ccc3c(c2)OCCO3)c1[N+](=O)[O-])c1ccccc1. The molecule has 2 N–H and O–H groups in total. The Kier molecular flexibility index (Phi) is 5.10. The van der Waals surface area contributed by atoms with E-state index < -0.39 is 4.92 Å². The number of benzene rings is 2. The van der Waals surface area contributed by atoms with Crippen LogP contribution in [-0.2, 0) is 0 Å². The summed E-state index contributed by atoms with van der Waals surface area (Å²) in [5.41, 5.74) is 1.35. The maximum absolute atomic E-state index is 11.8. The predicted molar refractivity (Wildman–Crippen MR) is 108 cm³/mol. The summed E-state index contributed by atoms with van der Waals surface area (Å²) in [5.74, 6) is 1.44. The minimum Gasteiger partial charge on any atom is -0.486 e. The second-order valence-corrected chi connectivity index (χ2v) is 6.44. The van der Waals surface area contributed by atoms with E-state index in [1.165, 1.54) is 6.33 Å². The summed E-state index contributed by atoms with van der Waals surface area (Å²) >= 11 is 0. The molecule has 1 aliphatic heterocycles. The van der Waals surface area contributed by atoms with Crippen molar-refractivity contribution in [3.8, 4) is 11.5 Å². The lowest BCUT2D eigenvalue weighted by molar-refractivity contribution is -0.383. The Morgan fingerprint density at radius 3 is 2.52 bits per heavy atom. The first kappa shape index (κ1) is 18.5. The second-order valence-electron chi connectivity index (χ2n) is 6.44. The van der Waals surface area contributed by atoms with Crippen LogP contribution in [0.4, 0.5) is 23.0 Å². The van der Waals surface area contributed by atoms with Crippen molar-refractivity contribution in [2.45, 2.75) is 13.0 Å². The van der Waals surface area contributed by atoms with E-state index >= 15 is 0 Å². The molecule has 0 amide bonds. The molecule has 9 heteroatoms. The molecule has 0 saturated heterocycles. The summed E-state index contributed by atoms with van der Waals surface area (Å²) in [4.78, 5) is 19.4. The van der Waals surface area contributed by atoms with Crippen molar-refractivity contribution in [1.29, 1.82) is 0 Å². The molecule has 0 spiro atoms. The van der Waals surface area contributed by atoms with Crippen molar-refractivity contribution in [1.82, 2.24) is 9.97 Å². The summed E-state index contributed by atoms with van der Waals surface area (Å²) in [7, 11) is 0. The molecule has 29 heavy (non-hydrogen) atoms. The highest BCUT2D eigenvalue weighted by Crippen LogP contribution is 2.36. The van der Waals surface area contributed by atoms with Gasteiger partial charge in [0.05, 0.1) is 11.0 Å². The molecule has 2 aromatic carbocycles. The first-order valence-corrected chi connectivity index (χ1v) is 9.09. The van der Waals surface area contributed by atoms with Gasteiger partial charge in [-0.15, -0.1) is 0 Å². The number of nitrogens with zero attached hydrogens (tertiary/aromatic N) is 3. The maximum atomic E-state index is 11.8. The van der Waals surface area contributed by atoms with E-state index in [1.54, 1.807) is 18.2 Å². The average Bonchev–Trinajstić information content (AvgIpc) is 2.74. The van der Waals surface area contributed by atoms with Gasteiger partial charge in [-0.25, -0.2) is 9.97 Å². The molecule has 148 valence electrons. The Bertz CT molecular complexity index is 1030. The predicted octanol–water partition coefficient (Wildman–Crippen LogP) is 4.07.